The third-order valence-corrected chi connectivity index (χ3v) is 3.40. The van der Waals surface area contributed by atoms with Crippen LogP contribution in [0.1, 0.15) is 16.7 Å². The minimum absolute atomic E-state index is 0. The molecule has 0 aliphatic rings. The van der Waals surface area contributed by atoms with Gasteiger partial charge in [-0.25, -0.2) is 0 Å². The van der Waals surface area contributed by atoms with Crippen LogP contribution in [-0.2, 0) is 16.2 Å². The summed E-state index contributed by atoms with van der Waals surface area (Å²) in [5.74, 6) is -0.746. The van der Waals surface area contributed by atoms with Crippen LogP contribution in [0, 0.1) is 6.92 Å². The third-order valence-electron chi connectivity index (χ3n) is 3.17. The minimum atomic E-state index is -1.41. The van der Waals surface area contributed by atoms with Crippen molar-refractivity contribution in [3.05, 3.63) is 64.2 Å². The van der Waals surface area contributed by atoms with Gasteiger partial charge in [-0.15, -0.1) is 0 Å². The molecule has 2 aromatic carbocycles. The Morgan fingerprint density at radius 3 is 2.58 bits per heavy atom. The predicted octanol–water partition coefficient (Wildman–Crippen LogP) is -0.668. The number of nitrogens with zero attached hydrogens (tertiary/aromatic N) is 1. The number of aryl methyl sites for hydroxylation is 1. The number of aliphatic carboxylic acids is 1. The normalized spacial score (nSPS) is 10.7. The second-order valence-corrected chi connectivity index (χ2v) is 5.20. The monoisotopic (exact) mass is 371 g/mol. The average Bonchev–Trinajstić information content (AvgIpc) is 2.52. The summed E-state index contributed by atoms with van der Waals surface area (Å²) in [6.07, 6.45) is 0. The molecule has 24 heavy (non-hydrogen) atoms. The van der Waals surface area contributed by atoms with E-state index in [0.717, 1.165) is 5.56 Å². The largest absolute Gasteiger partial charge is 1.00 e. The molecule has 0 aromatic heterocycles. The summed E-state index contributed by atoms with van der Waals surface area (Å²) >= 11 is 5.91. The van der Waals surface area contributed by atoms with E-state index in [2.05, 4.69) is 9.99 Å². The fraction of sp³-hybridized carbons (Fsp3) is 0.176. The van der Waals surface area contributed by atoms with Gasteiger partial charge in [0.25, 0.3) is 0 Å². The van der Waals surface area contributed by atoms with Crippen LogP contribution in [0.2, 0.25) is 5.02 Å². The summed E-state index contributed by atoms with van der Waals surface area (Å²) in [6.45, 7) is 2.06. The minimum Gasteiger partial charge on any atom is -0.543 e. The van der Waals surface area contributed by atoms with Crippen molar-refractivity contribution >= 4 is 23.3 Å². The third kappa shape index (κ3) is 5.58. The van der Waals surface area contributed by atoms with Crippen molar-refractivity contribution in [2.75, 3.05) is 7.11 Å². The molecular formula is C17H15ClKNO4. The van der Waals surface area contributed by atoms with Gasteiger partial charge in [0.2, 0.25) is 0 Å². The first-order valence-corrected chi connectivity index (χ1v) is 7.20. The van der Waals surface area contributed by atoms with Crippen LogP contribution in [-0.4, -0.2) is 18.8 Å². The van der Waals surface area contributed by atoms with Crippen molar-refractivity contribution in [2.24, 2.45) is 5.16 Å². The maximum atomic E-state index is 11.2. The van der Waals surface area contributed by atoms with Crippen molar-refractivity contribution < 1.29 is 70.9 Å². The zero-order valence-corrected chi connectivity index (χ0v) is 17.6. The first-order chi connectivity index (χ1) is 11.0. The van der Waals surface area contributed by atoms with Gasteiger partial charge in [-0.2, -0.15) is 0 Å². The quantitative estimate of drug-likeness (QED) is 0.384. The Morgan fingerprint density at radius 2 is 1.96 bits per heavy atom. The van der Waals surface area contributed by atoms with Crippen LogP contribution in [0.5, 0.6) is 5.75 Å². The molecule has 0 N–H and O–H groups in total. The van der Waals surface area contributed by atoms with Gasteiger partial charge in [-0.05, 0) is 36.2 Å². The summed E-state index contributed by atoms with van der Waals surface area (Å²) in [7, 11) is 1.28. The number of carbonyl (C=O) groups is 1. The van der Waals surface area contributed by atoms with Crippen molar-refractivity contribution in [1.82, 2.24) is 0 Å². The summed E-state index contributed by atoms with van der Waals surface area (Å²) < 4.78 is 5.76. The van der Waals surface area contributed by atoms with E-state index in [9.17, 15) is 9.90 Å². The van der Waals surface area contributed by atoms with Gasteiger partial charge in [-0.1, -0.05) is 41.0 Å². The summed E-state index contributed by atoms with van der Waals surface area (Å²) in [5.41, 5.74) is 1.66. The van der Waals surface area contributed by atoms with Gasteiger partial charge in [0.1, 0.15) is 25.2 Å². The fourth-order valence-electron chi connectivity index (χ4n) is 2.10. The summed E-state index contributed by atoms with van der Waals surface area (Å²) in [4.78, 5) is 15.8. The summed E-state index contributed by atoms with van der Waals surface area (Å²) in [6, 6.07) is 12.2. The number of halogens is 1. The van der Waals surface area contributed by atoms with Crippen LogP contribution >= 0.6 is 11.6 Å². The molecule has 0 amide bonds. The van der Waals surface area contributed by atoms with E-state index in [1.54, 1.807) is 42.5 Å². The van der Waals surface area contributed by atoms with Crippen LogP contribution in [0.15, 0.2) is 47.6 Å². The van der Waals surface area contributed by atoms with Crippen molar-refractivity contribution in [2.45, 2.75) is 13.5 Å². The molecule has 0 radical (unpaired) electrons. The Bertz CT molecular complexity index is 749. The van der Waals surface area contributed by atoms with E-state index >= 15 is 0 Å². The van der Waals surface area contributed by atoms with Gasteiger partial charge < -0.3 is 19.5 Å². The zero-order chi connectivity index (χ0) is 16.8. The molecule has 0 saturated carbocycles. The maximum absolute atomic E-state index is 11.2. The standard InChI is InChI=1S/C17H16ClNO4.K/c1-11-9-13(18)7-8-15(11)23-10-12-5-3-4-6-14(12)16(17(20)21)19-22-2;/h3-9H,10H2,1-2H3,(H,20,21);/q;+1/p-1/b19-16+;. The molecular weight excluding hydrogens is 357 g/mol. The molecule has 120 valence electrons. The molecule has 0 saturated heterocycles. The first-order valence-electron chi connectivity index (χ1n) is 6.82. The Hall–Kier alpha value is -0.894. The maximum Gasteiger partial charge on any atom is 1.00 e. The number of oxime groups is 1. The van der Waals surface area contributed by atoms with Gasteiger partial charge in [0.05, 0.1) is 5.97 Å². The molecule has 0 aliphatic carbocycles. The number of carbonyl (C=O) groups excluding carboxylic acids is 1. The molecule has 0 aliphatic heterocycles. The topological polar surface area (TPSA) is 71.0 Å². The molecule has 0 spiro atoms. The van der Waals surface area contributed by atoms with Gasteiger partial charge in [0, 0.05) is 10.6 Å². The first kappa shape index (κ1) is 21.1. The molecule has 2 aromatic rings. The number of ether oxygens (including phenoxy) is 1. The number of benzene rings is 2. The van der Waals surface area contributed by atoms with Crippen molar-refractivity contribution in [1.29, 1.82) is 0 Å². The van der Waals surface area contributed by atoms with Crippen LogP contribution in [0.4, 0.5) is 0 Å². The number of carboxylic acid groups (broad SMARTS) is 1. The van der Waals surface area contributed by atoms with E-state index in [4.69, 9.17) is 16.3 Å². The number of hydrogen-bond acceptors (Lipinski definition) is 5. The molecule has 0 unspecified atom stereocenters. The van der Waals surface area contributed by atoms with Crippen LogP contribution < -0.4 is 61.2 Å². The Labute approximate surface area is 188 Å². The molecule has 0 heterocycles. The van der Waals surface area contributed by atoms with E-state index in [-0.39, 0.29) is 63.7 Å². The SMILES string of the molecule is CO/N=C(/C(=O)[O-])c1ccccc1COc1ccc(Cl)cc1C.[K+]. The fourth-order valence-corrected chi connectivity index (χ4v) is 2.32. The predicted molar refractivity (Wildman–Crippen MR) is 85.5 cm³/mol. The second-order valence-electron chi connectivity index (χ2n) is 4.77. The number of carboxylic acids is 1. The van der Waals surface area contributed by atoms with Crippen molar-refractivity contribution in [3.63, 3.8) is 0 Å². The summed E-state index contributed by atoms with van der Waals surface area (Å²) in [5, 5.41) is 15.4. The average molecular weight is 372 g/mol. The Kier molecular flexibility index (Phi) is 8.97. The number of hydrogen-bond donors (Lipinski definition) is 0. The van der Waals surface area contributed by atoms with Gasteiger partial charge >= 0.3 is 51.4 Å². The Balaban J connectivity index is 0.00000288. The van der Waals surface area contributed by atoms with Crippen LogP contribution in [0.25, 0.3) is 0 Å². The molecule has 7 heteroatoms. The molecule has 0 fully saturated rings. The second kappa shape index (κ2) is 10.2. The molecule has 2 rings (SSSR count). The van der Waals surface area contributed by atoms with Gasteiger partial charge in [-0.3, -0.25) is 0 Å². The number of rotatable bonds is 6. The molecule has 0 bridgehead atoms. The van der Waals surface area contributed by atoms with E-state index in [1.165, 1.54) is 7.11 Å². The van der Waals surface area contributed by atoms with E-state index in [0.29, 0.717) is 21.9 Å². The molecule has 5 nitrogen and oxygen atoms in total. The zero-order valence-electron chi connectivity index (χ0n) is 13.7. The van der Waals surface area contributed by atoms with E-state index < -0.39 is 5.97 Å². The smallest absolute Gasteiger partial charge is 0.543 e. The van der Waals surface area contributed by atoms with Crippen molar-refractivity contribution in [3.8, 4) is 5.75 Å². The molecule has 0 atom stereocenters. The van der Waals surface area contributed by atoms with Gasteiger partial charge in [0.15, 0.2) is 0 Å². The van der Waals surface area contributed by atoms with E-state index in [1.807, 2.05) is 6.92 Å². The van der Waals surface area contributed by atoms with Crippen LogP contribution in [0.3, 0.4) is 0 Å². The Morgan fingerprint density at radius 1 is 1.25 bits per heavy atom.